The molecule has 1 atom stereocenters. The third-order valence-corrected chi connectivity index (χ3v) is 3.58. The molecule has 1 saturated heterocycles. The molecule has 0 aliphatic carbocycles. The zero-order chi connectivity index (χ0) is 14.0. The molecule has 5 nitrogen and oxygen atoms in total. The molecule has 0 saturated carbocycles. The summed E-state index contributed by atoms with van der Waals surface area (Å²) < 4.78 is 1.74. The van der Waals surface area contributed by atoms with Gasteiger partial charge in [0.05, 0.1) is 5.69 Å². The maximum absolute atomic E-state index is 12.6. The van der Waals surface area contributed by atoms with Crippen LogP contribution in [0.1, 0.15) is 49.3 Å². The summed E-state index contributed by atoms with van der Waals surface area (Å²) in [5, 5.41) is 4.31. The van der Waals surface area contributed by atoms with E-state index in [0.29, 0.717) is 18.7 Å². The Morgan fingerprint density at radius 1 is 1.47 bits per heavy atom. The summed E-state index contributed by atoms with van der Waals surface area (Å²) >= 11 is 0. The lowest BCUT2D eigenvalue weighted by atomic mass is 10.1. The molecule has 0 radical (unpaired) electrons. The van der Waals surface area contributed by atoms with E-state index in [2.05, 4.69) is 5.10 Å². The van der Waals surface area contributed by atoms with Gasteiger partial charge in [0.25, 0.3) is 5.91 Å². The third-order valence-electron chi connectivity index (χ3n) is 3.58. The Balaban J connectivity index is 2.20. The largest absolute Gasteiger partial charge is 0.334 e. The Morgan fingerprint density at radius 2 is 2.21 bits per heavy atom. The number of hydrogen-bond acceptors (Lipinski definition) is 3. The van der Waals surface area contributed by atoms with Crippen molar-refractivity contribution in [3.05, 3.63) is 17.5 Å². The minimum Gasteiger partial charge on any atom is -0.334 e. The summed E-state index contributed by atoms with van der Waals surface area (Å²) in [7, 11) is 0. The van der Waals surface area contributed by atoms with Crippen molar-refractivity contribution in [2.24, 2.45) is 0 Å². The van der Waals surface area contributed by atoms with Gasteiger partial charge >= 0.3 is 0 Å². The minimum absolute atomic E-state index is 0.00574. The van der Waals surface area contributed by atoms with Crippen LogP contribution in [-0.2, 0) is 11.3 Å². The van der Waals surface area contributed by atoms with Gasteiger partial charge in [0, 0.05) is 25.6 Å². The zero-order valence-electron chi connectivity index (χ0n) is 11.8. The normalized spacial score (nSPS) is 18.9. The number of hydrogen-bond donors (Lipinski definition) is 0. The maximum atomic E-state index is 12.6. The van der Waals surface area contributed by atoms with E-state index in [9.17, 15) is 9.59 Å². The molecule has 1 amide bonds. The molecule has 104 valence electrons. The molecule has 2 heterocycles. The van der Waals surface area contributed by atoms with Crippen LogP contribution in [-0.4, -0.2) is 39.0 Å². The number of aromatic nitrogens is 2. The summed E-state index contributed by atoms with van der Waals surface area (Å²) in [5.41, 5.74) is 1.49. The number of aryl methyl sites for hydroxylation is 2. The van der Waals surface area contributed by atoms with Crippen LogP contribution in [0, 0.1) is 6.92 Å². The average molecular weight is 263 g/mol. The van der Waals surface area contributed by atoms with Crippen molar-refractivity contribution in [1.82, 2.24) is 14.7 Å². The summed E-state index contributed by atoms with van der Waals surface area (Å²) in [6.45, 7) is 6.87. The fourth-order valence-electron chi connectivity index (χ4n) is 2.75. The highest BCUT2D eigenvalue weighted by Gasteiger charge is 2.31. The quantitative estimate of drug-likeness (QED) is 0.832. The van der Waals surface area contributed by atoms with Gasteiger partial charge in [-0.25, -0.2) is 0 Å². The van der Waals surface area contributed by atoms with E-state index in [4.69, 9.17) is 0 Å². The lowest BCUT2D eigenvalue weighted by Gasteiger charge is -2.24. The predicted molar refractivity (Wildman–Crippen MR) is 72.0 cm³/mol. The number of nitrogens with zero attached hydrogens (tertiary/aromatic N) is 3. The SMILES string of the molecule is CCn1nc(C)cc1C(=O)N1CCCC1CC(C)=O. The molecular weight excluding hydrogens is 242 g/mol. The number of ketones is 1. The number of rotatable bonds is 4. The number of likely N-dealkylation sites (tertiary alicyclic amines) is 1. The van der Waals surface area contributed by atoms with Crippen molar-refractivity contribution >= 4 is 11.7 Å². The first-order chi connectivity index (χ1) is 9.02. The molecule has 1 aromatic heterocycles. The van der Waals surface area contributed by atoms with Crippen LogP contribution in [0.25, 0.3) is 0 Å². The van der Waals surface area contributed by atoms with Crippen molar-refractivity contribution in [3.63, 3.8) is 0 Å². The Labute approximate surface area is 113 Å². The van der Waals surface area contributed by atoms with E-state index in [-0.39, 0.29) is 17.7 Å². The predicted octanol–water partition coefficient (Wildman–Crippen LogP) is 1.80. The summed E-state index contributed by atoms with van der Waals surface area (Å²) in [6.07, 6.45) is 2.36. The van der Waals surface area contributed by atoms with Gasteiger partial charge in [-0.05, 0) is 39.7 Å². The van der Waals surface area contributed by atoms with Gasteiger partial charge in [0.1, 0.15) is 11.5 Å². The molecule has 0 spiro atoms. The van der Waals surface area contributed by atoms with Gasteiger partial charge in [0.15, 0.2) is 0 Å². The molecule has 0 N–H and O–H groups in total. The second kappa shape index (κ2) is 5.55. The third kappa shape index (κ3) is 2.85. The van der Waals surface area contributed by atoms with Crippen LogP contribution in [0.2, 0.25) is 0 Å². The molecule has 19 heavy (non-hydrogen) atoms. The highest BCUT2D eigenvalue weighted by Crippen LogP contribution is 2.23. The van der Waals surface area contributed by atoms with Crippen molar-refractivity contribution in [1.29, 1.82) is 0 Å². The lowest BCUT2D eigenvalue weighted by Crippen LogP contribution is -2.37. The monoisotopic (exact) mass is 263 g/mol. The number of amides is 1. The molecule has 1 aliphatic heterocycles. The van der Waals surface area contributed by atoms with E-state index in [1.54, 1.807) is 11.6 Å². The molecule has 0 bridgehead atoms. The van der Waals surface area contributed by atoms with E-state index in [1.165, 1.54) is 0 Å². The first-order valence-electron chi connectivity index (χ1n) is 6.87. The van der Waals surface area contributed by atoms with Crippen LogP contribution >= 0.6 is 0 Å². The number of Topliss-reactive ketones (excluding diaryl/α,β-unsaturated/α-hetero) is 1. The smallest absolute Gasteiger partial charge is 0.272 e. The van der Waals surface area contributed by atoms with Gasteiger partial charge in [-0.3, -0.25) is 14.3 Å². The van der Waals surface area contributed by atoms with E-state index >= 15 is 0 Å². The molecule has 1 fully saturated rings. The second-order valence-corrected chi connectivity index (χ2v) is 5.19. The van der Waals surface area contributed by atoms with Crippen LogP contribution in [0.3, 0.4) is 0 Å². The summed E-state index contributed by atoms with van der Waals surface area (Å²) in [5.74, 6) is 0.149. The zero-order valence-corrected chi connectivity index (χ0v) is 11.8. The molecule has 1 unspecified atom stereocenters. The first kappa shape index (κ1) is 13.8. The Kier molecular flexibility index (Phi) is 4.02. The summed E-state index contributed by atoms with van der Waals surface area (Å²) in [4.78, 5) is 25.7. The molecule has 1 aliphatic rings. The van der Waals surface area contributed by atoms with Gasteiger partial charge in [-0.15, -0.1) is 0 Å². The summed E-state index contributed by atoms with van der Waals surface area (Å²) in [6, 6.07) is 1.89. The topological polar surface area (TPSA) is 55.2 Å². The van der Waals surface area contributed by atoms with Crippen LogP contribution < -0.4 is 0 Å². The van der Waals surface area contributed by atoms with Gasteiger partial charge < -0.3 is 4.90 Å². The Hall–Kier alpha value is -1.65. The number of carbonyl (C=O) groups is 2. The fraction of sp³-hybridized carbons (Fsp3) is 0.643. The van der Waals surface area contributed by atoms with Crippen molar-refractivity contribution in [2.75, 3.05) is 6.54 Å². The van der Waals surface area contributed by atoms with Crippen molar-refractivity contribution < 1.29 is 9.59 Å². The first-order valence-corrected chi connectivity index (χ1v) is 6.87. The van der Waals surface area contributed by atoms with Crippen LogP contribution in [0.5, 0.6) is 0 Å². The van der Waals surface area contributed by atoms with E-state index in [1.807, 2.05) is 24.8 Å². The highest BCUT2D eigenvalue weighted by molar-refractivity contribution is 5.93. The van der Waals surface area contributed by atoms with Gasteiger partial charge in [-0.1, -0.05) is 0 Å². The minimum atomic E-state index is 0.00574. The molecule has 5 heteroatoms. The standard InChI is InChI=1S/C14H21N3O2/c1-4-17-13(8-10(2)15-17)14(19)16-7-5-6-12(16)9-11(3)18/h8,12H,4-7,9H2,1-3H3. The highest BCUT2D eigenvalue weighted by atomic mass is 16.2. The Morgan fingerprint density at radius 3 is 2.84 bits per heavy atom. The van der Waals surface area contributed by atoms with Gasteiger partial charge in [-0.2, -0.15) is 5.10 Å². The fourth-order valence-corrected chi connectivity index (χ4v) is 2.75. The van der Waals surface area contributed by atoms with Crippen LogP contribution in [0.4, 0.5) is 0 Å². The second-order valence-electron chi connectivity index (χ2n) is 5.19. The molecule has 1 aromatic rings. The van der Waals surface area contributed by atoms with Gasteiger partial charge in [0.2, 0.25) is 0 Å². The molecule has 0 aromatic carbocycles. The Bertz CT molecular complexity index is 493. The van der Waals surface area contributed by atoms with Crippen molar-refractivity contribution in [3.8, 4) is 0 Å². The lowest BCUT2D eigenvalue weighted by molar-refractivity contribution is -0.117. The molecular formula is C14H21N3O2. The average Bonchev–Trinajstić information content (AvgIpc) is 2.94. The number of carbonyl (C=O) groups excluding carboxylic acids is 2. The molecule has 2 rings (SSSR count). The van der Waals surface area contributed by atoms with Crippen molar-refractivity contribution in [2.45, 2.75) is 52.6 Å². The van der Waals surface area contributed by atoms with Crippen LogP contribution in [0.15, 0.2) is 6.07 Å². The van der Waals surface area contributed by atoms with E-state index in [0.717, 1.165) is 25.1 Å². The van der Waals surface area contributed by atoms with E-state index < -0.39 is 0 Å². The maximum Gasteiger partial charge on any atom is 0.272 e.